The highest BCUT2D eigenvalue weighted by Crippen LogP contribution is 2.32. The Kier molecular flexibility index (Phi) is 4.79. The van der Waals surface area contributed by atoms with E-state index in [-0.39, 0.29) is 22.6 Å². The molecule has 0 unspecified atom stereocenters. The number of rotatable bonds is 4. The van der Waals surface area contributed by atoms with Crippen molar-refractivity contribution in [1.82, 2.24) is 14.8 Å². The van der Waals surface area contributed by atoms with E-state index in [1.54, 1.807) is 19.1 Å². The summed E-state index contributed by atoms with van der Waals surface area (Å²) in [6, 6.07) is 7.45. The summed E-state index contributed by atoms with van der Waals surface area (Å²) in [7, 11) is 1.44. The molecular weight excluding hydrogens is 340 g/mol. The third kappa shape index (κ3) is 3.33. The van der Waals surface area contributed by atoms with Crippen LogP contribution in [-0.4, -0.2) is 19.9 Å². The van der Waals surface area contributed by atoms with E-state index in [0.717, 1.165) is 4.68 Å². The van der Waals surface area contributed by atoms with Crippen molar-refractivity contribution in [3.63, 3.8) is 0 Å². The number of pyridine rings is 1. The molecule has 2 heterocycles. The Morgan fingerprint density at radius 2 is 1.92 bits per heavy atom. The first-order chi connectivity index (χ1) is 12.4. The van der Waals surface area contributed by atoms with Crippen LogP contribution in [0.5, 0.6) is 5.75 Å². The van der Waals surface area contributed by atoms with Crippen LogP contribution in [0.3, 0.4) is 0 Å². The lowest BCUT2D eigenvalue weighted by molar-refractivity contribution is 0.460. The van der Waals surface area contributed by atoms with Crippen molar-refractivity contribution in [2.45, 2.75) is 19.8 Å². The molecule has 0 bridgehead atoms. The molecule has 5 nitrogen and oxygen atoms in total. The Morgan fingerprint density at radius 1 is 1.15 bits per heavy atom. The predicted octanol–water partition coefficient (Wildman–Crippen LogP) is 2.92. The molecule has 1 N–H and O–H groups in total. The van der Waals surface area contributed by atoms with Crippen LogP contribution in [0.25, 0.3) is 11.1 Å². The van der Waals surface area contributed by atoms with E-state index >= 15 is 0 Å². The van der Waals surface area contributed by atoms with E-state index in [1.807, 2.05) is 0 Å². The zero-order valence-electron chi connectivity index (χ0n) is 14.3. The van der Waals surface area contributed by atoms with Gasteiger partial charge in [0, 0.05) is 18.8 Å². The Hall–Kier alpha value is -3.09. The maximum absolute atomic E-state index is 14.6. The van der Waals surface area contributed by atoms with Gasteiger partial charge >= 0.3 is 0 Å². The van der Waals surface area contributed by atoms with Crippen LogP contribution >= 0.6 is 0 Å². The summed E-state index contributed by atoms with van der Waals surface area (Å²) in [5, 5.41) is 14.2. The molecule has 0 aliphatic heterocycles. The Bertz CT molecular complexity index is 1030. The van der Waals surface area contributed by atoms with E-state index in [4.69, 9.17) is 0 Å². The van der Waals surface area contributed by atoms with Gasteiger partial charge in [-0.1, -0.05) is 12.1 Å². The highest BCUT2D eigenvalue weighted by Gasteiger charge is 2.21. The molecule has 0 aliphatic carbocycles. The van der Waals surface area contributed by atoms with Crippen LogP contribution in [0.15, 0.2) is 41.3 Å². The summed E-state index contributed by atoms with van der Waals surface area (Å²) >= 11 is 0. The minimum absolute atomic E-state index is 0.0469. The molecule has 7 heteroatoms. The van der Waals surface area contributed by atoms with Gasteiger partial charge in [-0.15, -0.1) is 0 Å². The maximum Gasteiger partial charge on any atom is 0.278 e. The van der Waals surface area contributed by atoms with E-state index < -0.39 is 17.3 Å². The number of benzene rings is 1. The first-order valence-electron chi connectivity index (χ1n) is 8.03. The lowest BCUT2D eigenvalue weighted by atomic mass is 9.94. The smallest absolute Gasteiger partial charge is 0.278 e. The first kappa shape index (κ1) is 17.7. The Balaban J connectivity index is 2.08. The number of aromatic nitrogens is 3. The van der Waals surface area contributed by atoms with E-state index in [9.17, 15) is 18.7 Å². The zero-order valence-corrected chi connectivity index (χ0v) is 14.3. The highest BCUT2D eigenvalue weighted by atomic mass is 19.1. The molecule has 0 saturated carbocycles. The fraction of sp³-hybridized carbons (Fsp3) is 0.211. The molecule has 0 radical (unpaired) electrons. The number of halogens is 2. The molecule has 1 aromatic carbocycles. The van der Waals surface area contributed by atoms with E-state index in [1.165, 1.54) is 31.4 Å². The summed E-state index contributed by atoms with van der Waals surface area (Å²) in [4.78, 5) is 16.0. The number of aromatic hydroxyl groups is 1. The molecule has 2 aromatic heterocycles. The maximum atomic E-state index is 14.6. The molecule has 0 spiro atoms. The van der Waals surface area contributed by atoms with Crippen LogP contribution < -0.4 is 5.56 Å². The van der Waals surface area contributed by atoms with Crippen LogP contribution in [0.1, 0.15) is 16.8 Å². The average molecular weight is 357 g/mol. The highest BCUT2D eigenvalue weighted by molar-refractivity contribution is 5.73. The number of aryl methyl sites for hydroxylation is 4. The summed E-state index contributed by atoms with van der Waals surface area (Å²) in [5.74, 6) is -1.53. The van der Waals surface area contributed by atoms with Crippen molar-refractivity contribution in [1.29, 1.82) is 0 Å². The van der Waals surface area contributed by atoms with Crippen LogP contribution in [0, 0.1) is 18.7 Å². The summed E-state index contributed by atoms with van der Waals surface area (Å²) < 4.78 is 28.9. The normalized spacial score (nSPS) is 10.9. The van der Waals surface area contributed by atoms with Crippen molar-refractivity contribution in [3.05, 3.63) is 75.5 Å². The number of hydrogen-bond donors (Lipinski definition) is 1. The zero-order chi connectivity index (χ0) is 18.8. The fourth-order valence-corrected chi connectivity index (χ4v) is 2.92. The second-order valence-corrected chi connectivity index (χ2v) is 6.00. The van der Waals surface area contributed by atoms with Gasteiger partial charge < -0.3 is 5.11 Å². The molecule has 0 aliphatic rings. The van der Waals surface area contributed by atoms with Crippen LogP contribution in [-0.2, 0) is 19.9 Å². The van der Waals surface area contributed by atoms with Crippen molar-refractivity contribution < 1.29 is 13.9 Å². The van der Waals surface area contributed by atoms with Gasteiger partial charge in [0.05, 0.1) is 5.56 Å². The van der Waals surface area contributed by atoms with Gasteiger partial charge in [-0.3, -0.25) is 4.79 Å². The topological polar surface area (TPSA) is 68.0 Å². The molecule has 0 fully saturated rings. The van der Waals surface area contributed by atoms with Gasteiger partial charge in [0.25, 0.3) is 5.56 Å². The van der Waals surface area contributed by atoms with E-state index in [2.05, 4.69) is 10.1 Å². The van der Waals surface area contributed by atoms with Crippen LogP contribution in [0.4, 0.5) is 8.78 Å². The predicted molar refractivity (Wildman–Crippen MR) is 92.9 cm³/mol. The lowest BCUT2D eigenvalue weighted by Crippen LogP contribution is -2.23. The second-order valence-electron chi connectivity index (χ2n) is 6.00. The molecule has 0 saturated heterocycles. The molecule has 3 aromatic rings. The monoisotopic (exact) mass is 357 g/mol. The van der Waals surface area contributed by atoms with Crippen molar-refractivity contribution in [3.8, 4) is 16.9 Å². The fourth-order valence-electron chi connectivity index (χ4n) is 2.92. The quantitative estimate of drug-likeness (QED) is 0.729. The molecule has 0 amide bonds. The third-order valence-corrected chi connectivity index (χ3v) is 4.21. The van der Waals surface area contributed by atoms with Crippen molar-refractivity contribution in [2.24, 2.45) is 7.05 Å². The third-order valence-electron chi connectivity index (χ3n) is 4.21. The largest absolute Gasteiger partial charge is 0.505 e. The van der Waals surface area contributed by atoms with Gasteiger partial charge in [-0.25, -0.2) is 14.1 Å². The van der Waals surface area contributed by atoms with Crippen molar-refractivity contribution in [2.75, 3.05) is 0 Å². The second kappa shape index (κ2) is 7.03. The molecule has 3 rings (SSSR count). The standard InChI is InChI=1S/C19H17F2N3O2/c1-11-18(25)17(19(26)24(2)23-11)16-13(4-3-5-14(16)20)7-6-12-8-9-22-15(21)10-12/h3-5,8-10,25H,6-7H2,1-2H3. The van der Waals surface area contributed by atoms with E-state index in [0.29, 0.717) is 24.0 Å². The van der Waals surface area contributed by atoms with Gasteiger partial charge in [0.1, 0.15) is 11.5 Å². The van der Waals surface area contributed by atoms with Crippen LogP contribution in [0.2, 0.25) is 0 Å². The summed E-state index contributed by atoms with van der Waals surface area (Å²) in [5.41, 5.74) is 0.817. The Labute approximate surface area is 148 Å². The van der Waals surface area contributed by atoms with Gasteiger partial charge in [-0.2, -0.15) is 9.49 Å². The lowest BCUT2D eigenvalue weighted by Gasteiger charge is -2.14. The SMILES string of the molecule is Cc1nn(C)c(=O)c(-c2c(F)cccc2CCc2ccnc(F)c2)c1O. The minimum atomic E-state index is -0.610. The molecule has 134 valence electrons. The molecule has 26 heavy (non-hydrogen) atoms. The Morgan fingerprint density at radius 3 is 2.65 bits per heavy atom. The number of hydrogen-bond acceptors (Lipinski definition) is 4. The summed E-state index contributed by atoms with van der Waals surface area (Å²) in [6.07, 6.45) is 2.16. The van der Waals surface area contributed by atoms with Crippen molar-refractivity contribution >= 4 is 0 Å². The summed E-state index contributed by atoms with van der Waals surface area (Å²) in [6.45, 7) is 1.54. The first-order valence-corrected chi connectivity index (χ1v) is 8.03. The molecular formula is C19H17F2N3O2. The number of nitrogens with zero attached hydrogens (tertiary/aromatic N) is 3. The van der Waals surface area contributed by atoms with Gasteiger partial charge in [0.2, 0.25) is 5.95 Å². The van der Waals surface area contributed by atoms with Gasteiger partial charge in [-0.05, 0) is 49.1 Å². The average Bonchev–Trinajstić information content (AvgIpc) is 2.60. The minimum Gasteiger partial charge on any atom is -0.505 e. The van der Waals surface area contributed by atoms with Gasteiger partial charge in [0.15, 0.2) is 5.75 Å². The molecule has 0 atom stereocenters.